The first-order valence-electron chi connectivity index (χ1n) is 7.45. The van der Waals surface area contributed by atoms with E-state index in [1.54, 1.807) is 31.2 Å². The van der Waals surface area contributed by atoms with Gasteiger partial charge in [0, 0.05) is 16.8 Å². The van der Waals surface area contributed by atoms with Gasteiger partial charge >= 0.3 is 5.97 Å². The molecular formula is C18H21N3O3. The minimum Gasteiger partial charge on any atom is -0.478 e. The Bertz CT molecular complexity index is 773. The van der Waals surface area contributed by atoms with E-state index in [-0.39, 0.29) is 5.56 Å². The lowest BCUT2D eigenvalue weighted by atomic mass is 10.1. The predicted octanol–water partition coefficient (Wildman–Crippen LogP) is 3.89. The van der Waals surface area contributed by atoms with Gasteiger partial charge in [0.05, 0.1) is 5.56 Å². The van der Waals surface area contributed by atoms with Crippen molar-refractivity contribution in [3.05, 3.63) is 66.2 Å². The van der Waals surface area contributed by atoms with Crippen molar-refractivity contribution in [1.82, 2.24) is 10.1 Å². The zero-order valence-electron chi connectivity index (χ0n) is 14.0. The lowest BCUT2D eigenvalue weighted by Gasteiger charge is -1.96. The zero-order valence-corrected chi connectivity index (χ0v) is 14.0. The van der Waals surface area contributed by atoms with Gasteiger partial charge in [0.2, 0.25) is 5.82 Å². The normalized spacial score (nSPS) is 11.5. The van der Waals surface area contributed by atoms with Crippen LogP contribution in [0.25, 0.3) is 17.0 Å². The van der Waals surface area contributed by atoms with Gasteiger partial charge in [-0.3, -0.25) is 0 Å². The van der Waals surface area contributed by atoms with Crippen LogP contribution in [0.2, 0.25) is 0 Å². The number of benzene rings is 1. The van der Waals surface area contributed by atoms with Gasteiger partial charge in [-0.25, -0.2) is 4.79 Å². The molecule has 2 rings (SSSR count). The average molecular weight is 327 g/mol. The van der Waals surface area contributed by atoms with Gasteiger partial charge in [0.25, 0.3) is 5.89 Å². The Hall–Kier alpha value is -3.15. The molecule has 0 aliphatic carbocycles. The Balaban J connectivity index is 0.00000139. The molecule has 0 bridgehead atoms. The second-order valence-corrected chi connectivity index (χ2v) is 4.53. The molecule has 1 heterocycles. The van der Waals surface area contributed by atoms with Crippen LogP contribution < -0.4 is 5.73 Å². The van der Waals surface area contributed by atoms with Gasteiger partial charge in [-0.2, -0.15) is 4.98 Å². The van der Waals surface area contributed by atoms with Crippen LogP contribution in [0, 0.1) is 0 Å². The molecule has 0 aliphatic rings. The largest absolute Gasteiger partial charge is 0.478 e. The topological polar surface area (TPSA) is 102 Å². The molecule has 6 heteroatoms. The summed E-state index contributed by atoms with van der Waals surface area (Å²) in [6.07, 6.45) is 4.94. The van der Waals surface area contributed by atoms with Gasteiger partial charge in [0.15, 0.2) is 0 Å². The molecule has 1 aromatic heterocycles. The van der Waals surface area contributed by atoms with E-state index < -0.39 is 5.97 Å². The van der Waals surface area contributed by atoms with Gasteiger partial charge in [0.1, 0.15) is 0 Å². The standard InChI is InChI=1S/C16H15N3O3.C2H6/c1-3-13(17)8-7-10(2)15-18-14(19-22-15)11-5-4-6-12(9-11)16(20)21;1-2/h3-9H,1,17H2,2H3,(H,20,21);1-2H3/b10-7+,13-8+;. The lowest BCUT2D eigenvalue weighted by molar-refractivity contribution is 0.0697. The molecule has 0 unspecified atom stereocenters. The fourth-order valence-electron chi connectivity index (χ4n) is 1.65. The molecule has 0 spiro atoms. The predicted molar refractivity (Wildman–Crippen MR) is 94.2 cm³/mol. The maximum atomic E-state index is 11.0. The summed E-state index contributed by atoms with van der Waals surface area (Å²) in [5, 5.41) is 12.9. The van der Waals surface area contributed by atoms with Gasteiger partial charge < -0.3 is 15.4 Å². The summed E-state index contributed by atoms with van der Waals surface area (Å²) in [7, 11) is 0. The van der Waals surface area contributed by atoms with Gasteiger partial charge in [-0.15, -0.1) is 0 Å². The number of allylic oxidation sites excluding steroid dienone is 4. The van der Waals surface area contributed by atoms with Crippen molar-refractivity contribution in [3.8, 4) is 11.4 Å². The van der Waals surface area contributed by atoms with Crippen molar-refractivity contribution < 1.29 is 14.4 Å². The van der Waals surface area contributed by atoms with E-state index in [4.69, 9.17) is 15.4 Å². The highest BCUT2D eigenvalue weighted by atomic mass is 16.5. The summed E-state index contributed by atoms with van der Waals surface area (Å²) in [6.45, 7) is 9.36. The second-order valence-electron chi connectivity index (χ2n) is 4.53. The molecule has 0 aliphatic heterocycles. The number of hydrogen-bond acceptors (Lipinski definition) is 5. The molecule has 126 valence electrons. The first-order valence-corrected chi connectivity index (χ1v) is 7.45. The number of aromatic carboxylic acids is 1. The third-order valence-corrected chi connectivity index (χ3v) is 2.89. The van der Waals surface area contributed by atoms with Crippen LogP contribution in [0.3, 0.4) is 0 Å². The Morgan fingerprint density at radius 2 is 2.04 bits per heavy atom. The first-order chi connectivity index (χ1) is 11.5. The summed E-state index contributed by atoms with van der Waals surface area (Å²) >= 11 is 0. The quantitative estimate of drug-likeness (QED) is 0.808. The van der Waals surface area contributed by atoms with Crippen molar-refractivity contribution in [3.63, 3.8) is 0 Å². The minimum atomic E-state index is -1.01. The average Bonchev–Trinajstić information content (AvgIpc) is 3.11. The van der Waals surface area contributed by atoms with E-state index in [2.05, 4.69) is 16.7 Å². The molecule has 0 amide bonds. The Kier molecular flexibility index (Phi) is 7.16. The maximum absolute atomic E-state index is 11.0. The summed E-state index contributed by atoms with van der Waals surface area (Å²) in [4.78, 5) is 15.2. The minimum absolute atomic E-state index is 0.165. The zero-order chi connectivity index (χ0) is 18.1. The third-order valence-electron chi connectivity index (χ3n) is 2.89. The van der Waals surface area contributed by atoms with Crippen LogP contribution >= 0.6 is 0 Å². The molecule has 0 saturated carbocycles. The molecule has 0 fully saturated rings. The van der Waals surface area contributed by atoms with E-state index in [1.165, 1.54) is 18.2 Å². The highest BCUT2D eigenvalue weighted by molar-refractivity contribution is 5.89. The number of carboxylic acids is 1. The summed E-state index contributed by atoms with van der Waals surface area (Å²) in [6, 6.07) is 6.34. The number of aromatic nitrogens is 2. The van der Waals surface area contributed by atoms with Crippen LogP contribution in [0.5, 0.6) is 0 Å². The summed E-state index contributed by atoms with van der Waals surface area (Å²) in [5.74, 6) is -0.345. The molecule has 0 atom stereocenters. The van der Waals surface area contributed by atoms with Crippen molar-refractivity contribution in [2.75, 3.05) is 0 Å². The van der Waals surface area contributed by atoms with Crippen molar-refractivity contribution in [1.29, 1.82) is 0 Å². The number of nitrogens with zero attached hydrogens (tertiary/aromatic N) is 2. The number of nitrogens with two attached hydrogens (primary N) is 1. The van der Waals surface area contributed by atoms with Gasteiger partial charge in [-0.1, -0.05) is 43.8 Å². The molecule has 3 N–H and O–H groups in total. The Morgan fingerprint density at radius 3 is 2.67 bits per heavy atom. The summed E-state index contributed by atoms with van der Waals surface area (Å²) in [5.41, 5.74) is 7.61. The number of carboxylic acid groups (broad SMARTS) is 1. The molecule has 24 heavy (non-hydrogen) atoms. The van der Waals surface area contributed by atoms with E-state index in [1.807, 2.05) is 13.8 Å². The number of carbonyl (C=O) groups is 1. The van der Waals surface area contributed by atoms with E-state index in [0.29, 0.717) is 23.0 Å². The van der Waals surface area contributed by atoms with E-state index in [9.17, 15) is 4.79 Å². The monoisotopic (exact) mass is 327 g/mol. The Labute approximate surface area is 141 Å². The van der Waals surface area contributed by atoms with Crippen molar-refractivity contribution in [2.24, 2.45) is 5.73 Å². The van der Waals surface area contributed by atoms with Crippen molar-refractivity contribution >= 4 is 11.5 Å². The fraction of sp³-hybridized carbons (Fsp3) is 0.167. The van der Waals surface area contributed by atoms with E-state index >= 15 is 0 Å². The van der Waals surface area contributed by atoms with E-state index in [0.717, 1.165) is 5.57 Å². The van der Waals surface area contributed by atoms with Crippen LogP contribution in [0.1, 0.15) is 37.0 Å². The Morgan fingerprint density at radius 1 is 1.33 bits per heavy atom. The first kappa shape index (κ1) is 18.9. The highest BCUT2D eigenvalue weighted by Crippen LogP contribution is 2.20. The SMILES string of the molecule is C=C/C(N)=C\C=C(/C)c1nc(-c2cccc(C(=O)O)c2)no1.CC. The van der Waals surface area contributed by atoms with Crippen molar-refractivity contribution in [2.45, 2.75) is 20.8 Å². The smallest absolute Gasteiger partial charge is 0.335 e. The number of hydrogen-bond donors (Lipinski definition) is 2. The van der Waals surface area contributed by atoms with Gasteiger partial charge in [-0.05, 0) is 31.2 Å². The van der Waals surface area contributed by atoms with Crippen LogP contribution in [0.15, 0.2) is 59.3 Å². The lowest BCUT2D eigenvalue weighted by Crippen LogP contribution is -1.96. The second kappa shape index (κ2) is 9.09. The number of rotatable bonds is 5. The molecule has 1 aromatic carbocycles. The summed E-state index contributed by atoms with van der Waals surface area (Å²) < 4.78 is 5.17. The molecular weight excluding hydrogens is 306 g/mol. The third kappa shape index (κ3) is 4.95. The molecule has 2 aromatic rings. The molecule has 0 radical (unpaired) electrons. The molecule has 0 saturated heterocycles. The van der Waals surface area contributed by atoms with Crippen LogP contribution in [-0.4, -0.2) is 21.2 Å². The van der Waals surface area contributed by atoms with Crippen LogP contribution in [-0.2, 0) is 0 Å². The fourth-order valence-corrected chi connectivity index (χ4v) is 1.65. The molecule has 6 nitrogen and oxygen atoms in total. The van der Waals surface area contributed by atoms with Crippen LogP contribution in [0.4, 0.5) is 0 Å². The highest BCUT2D eigenvalue weighted by Gasteiger charge is 2.11. The maximum Gasteiger partial charge on any atom is 0.335 e.